The number of hydrogen-bond donors (Lipinski definition) is 1. The highest BCUT2D eigenvalue weighted by atomic mass is 79.9. The van der Waals surface area contributed by atoms with Gasteiger partial charge in [0, 0.05) is 40.4 Å². The topological polar surface area (TPSA) is 102 Å². The smallest absolute Gasteiger partial charge is 0.263 e. The number of halogens is 1. The average molecular weight is 604 g/mol. The maximum absolute atomic E-state index is 14.1. The fourth-order valence-electron chi connectivity index (χ4n) is 4.92. The molecular weight excluding hydrogens is 572 g/mol. The number of nitrogens with one attached hydrogen (secondary N) is 1. The molecule has 2 aromatic carbocycles. The molecule has 1 aliphatic rings. The van der Waals surface area contributed by atoms with E-state index in [2.05, 4.69) is 26.2 Å². The quantitative estimate of drug-likeness (QED) is 0.361. The molecule has 9 nitrogen and oxygen atoms in total. The predicted octanol–water partition coefficient (Wildman–Crippen LogP) is 4.56. The first-order valence-electron chi connectivity index (χ1n) is 13.2. The van der Waals surface area contributed by atoms with E-state index in [9.17, 15) is 14.4 Å². The second-order valence-electron chi connectivity index (χ2n) is 10.4. The minimum atomic E-state index is -0.210. The van der Waals surface area contributed by atoms with Crippen LogP contribution in [-0.2, 0) is 13.0 Å². The van der Waals surface area contributed by atoms with Gasteiger partial charge in [0.2, 0.25) is 5.95 Å². The summed E-state index contributed by atoms with van der Waals surface area (Å²) in [4.78, 5) is 51.0. The summed E-state index contributed by atoms with van der Waals surface area (Å²) < 4.78 is 4.24. The van der Waals surface area contributed by atoms with Crippen molar-refractivity contribution in [3.63, 3.8) is 0 Å². The maximum Gasteiger partial charge on any atom is 0.263 e. The summed E-state index contributed by atoms with van der Waals surface area (Å²) in [5.74, 6) is 0.251. The second-order valence-corrected chi connectivity index (χ2v) is 11.3. The van der Waals surface area contributed by atoms with Gasteiger partial charge in [-0.05, 0) is 74.2 Å². The number of carbonyl (C=O) groups excluding carboxylic acids is 2. The maximum atomic E-state index is 14.1. The highest BCUT2D eigenvalue weighted by Crippen LogP contribution is 2.26. The molecule has 40 heavy (non-hydrogen) atoms. The summed E-state index contributed by atoms with van der Waals surface area (Å²) in [6.07, 6.45) is 3.89. The zero-order chi connectivity index (χ0) is 28.7. The third kappa shape index (κ3) is 4.99. The normalized spacial score (nSPS) is 14.8. The van der Waals surface area contributed by atoms with Gasteiger partial charge in [-0.3, -0.25) is 19.0 Å². The van der Waals surface area contributed by atoms with Crippen LogP contribution in [0.4, 0.5) is 0 Å². The predicted molar refractivity (Wildman–Crippen MR) is 156 cm³/mol. The van der Waals surface area contributed by atoms with Gasteiger partial charge in [-0.25, -0.2) is 14.5 Å². The Morgan fingerprint density at radius 3 is 2.42 bits per heavy atom. The standard InChI is InChI=1S/C30H31BrN6O3/c1-17(2)25-14-35(16-33-25)30-34-26-15-36(28(39)21-8-11-24(31)18(3)12-21)19(4)13-23(26)29(40)37(30)22-9-6-20(7-10-22)27(38)32-5/h6-12,14,16-17,19H,13,15H2,1-5H3,(H,32,38). The lowest BCUT2D eigenvalue weighted by atomic mass is 9.98. The van der Waals surface area contributed by atoms with Gasteiger partial charge in [0.25, 0.3) is 17.4 Å². The molecule has 0 saturated carbocycles. The number of rotatable bonds is 5. The number of fused-ring (bicyclic) bond motifs is 1. The Labute approximate surface area is 241 Å². The zero-order valence-electron chi connectivity index (χ0n) is 23.1. The fourth-order valence-corrected chi connectivity index (χ4v) is 5.17. The Kier molecular flexibility index (Phi) is 7.46. The van der Waals surface area contributed by atoms with Crippen LogP contribution in [0.1, 0.15) is 69.9 Å². The Balaban J connectivity index is 1.62. The van der Waals surface area contributed by atoms with Crippen molar-refractivity contribution in [1.29, 1.82) is 0 Å². The molecular formula is C30H31BrN6O3. The van der Waals surface area contributed by atoms with Crippen LogP contribution in [0.25, 0.3) is 11.6 Å². The molecule has 1 atom stereocenters. The van der Waals surface area contributed by atoms with Gasteiger partial charge in [0.15, 0.2) is 0 Å². The number of aromatic nitrogens is 4. The van der Waals surface area contributed by atoms with E-state index in [1.54, 1.807) is 57.7 Å². The number of nitrogens with zero attached hydrogens (tertiary/aromatic N) is 5. The summed E-state index contributed by atoms with van der Waals surface area (Å²) in [6.45, 7) is 8.21. The van der Waals surface area contributed by atoms with Crippen molar-refractivity contribution in [2.45, 2.75) is 52.6 Å². The highest BCUT2D eigenvalue weighted by molar-refractivity contribution is 9.10. The summed E-state index contributed by atoms with van der Waals surface area (Å²) in [5, 5.41) is 2.61. The first-order valence-corrected chi connectivity index (χ1v) is 14.0. The molecule has 4 aromatic rings. The number of hydrogen-bond acceptors (Lipinski definition) is 5. The molecule has 1 unspecified atom stereocenters. The molecule has 0 fully saturated rings. The number of imidazole rings is 1. The molecule has 0 spiro atoms. The van der Waals surface area contributed by atoms with Crippen LogP contribution in [0.3, 0.4) is 0 Å². The van der Waals surface area contributed by atoms with Gasteiger partial charge >= 0.3 is 0 Å². The molecule has 5 rings (SSSR count). The van der Waals surface area contributed by atoms with Crippen molar-refractivity contribution in [2.75, 3.05) is 7.05 Å². The molecule has 0 aliphatic carbocycles. The first-order chi connectivity index (χ1) is 19.1. The van der Waals surface area contributed by atoms with E-state index in [1.165, 1.54) is 0 Å². The van der Waals surface area contributed by atoms with Crippen molar-refractivity contribution in [1.82, 2.24) is 29.3 Å². The van der Waals surface area contributed by atoms with E-state index in [1.807, 2.05) is 46.0 Å². The van der Waals surface area contributed by atoms with Crippen LogP contribution >= 0.6 is 15.9 Å². The van der Waals surface area contributed by atoms with Gasteiger partial charge in [-0.15, -0.1) is 0 Å². The summed E-state index contributed by atoms with van der Waals surface area (Å²) in [7, 11) is 1.57. The molecule has 2 aromatic heterocycles. The second kappa shape index (κ2) is 10.8. The van der Waals surface area contributed by atoms with Gasteiger partial charge in [0.05, 0.1) is 23.6 Å². The largest absolute Gasteiger partial charge is 0.355 e. The van der Waals surface area contributed by atoms with Crippen LogP contribution in [0.2, 0.25) is 0 Å². The van der Waals surface area contributed by atoms with Crippen LogP contribution < -0.4 is 10.9 Å². The molecule has 1 N–H and O–H groups in total. The number of carbonyl (C=O) groups is 2. The molecule has 2 amide bonds. The van der Waals surface area contributed by atoms with E-state index in [4.69, 9.17) is 4.98 Å². The van der Waals surface area contributed by atoms with Gasteiger partial charge in [0.1, 0.15) is 6.33 Å². The Hall–Kier alpha value is -4.05. The Morgan fingerprint density at radius 1 is 1.10 bits per heavy atom. The fraction of sp³-hybridized carbons (Fsp3) is 0.300. The van der Waals surface area contributed by atoms with Crippen molar-refractivity contribution in [3.8, 4) is 11.6 Å². The summed E-state index contributed by atoms with van der Waals surface area (Å²) >= 11 is 3.50. The number of aryl methyl sites for hydroxylation is 1. The van der Waals surface area contributed by atoms with Crippen LogP contribution in [0.15, 0.2) is 64.3 Å². The highest BCUT2D eigenvalue weighted by Gasteiger charge is 2.32. The van der Waals surface area contributed by atoms with Crippen LogP contribution in [-0.4, -0.2) is 48.9 Å². The molecule has 0 radical (unpaired) electrons. The number of benzene rings is 2. The lowest BCUT2D eigenvalue weighted by molar-refractivity contribution is 0.0652. The van der Waals surface area contributed by atoms with Gasteiger partial charge in [-0.1, -0.05) is 29.8 Å². The molecule has 206 valence electrons. The molecule has 3 heterocycles. The lowest BCUT2D eigenvalue weighted by Gasteiger charge is -2.34. The van der Waals surface area contributed by atoms with E-state index < -0.39 is 0 Å². The van der Waals surface area contributed by atoms with E-state index in [-0.39, 0.29) is 35.9 Å². The Bertz CT molecular complexity index is 1670. The minimum absolute atomic E-state index is 0.101. The van der Waals surface area contributed by atoms with Crippen molar-refractivity contribution in [3.05, 3.63) is 103 Å². The van der Waals surface area contributed by atoms with Crippen LogP contribution in [0.5, 0.6) is 0 Å². The third-order valence-electron chi connectivity index (χ3n) is 7.30. The van der Waals surface area contributed by atoms with E-state index >= 15 is 0 Å². The van der Waals surface area contributed by atoms with Gasteiger partial charge < -0.3 is 10.2 Å². The molecule has 10 heteroatoms. The van der Waals surface area contributed by atoms with Gasteiger partial charge in [-0.2, -0.15) is 0 Å². The molecule has 0 bridgehead atoms. The van der Waals surface area contributed by atoms with Crippen molar-refractivity contribution >= 4 is 27.7 Å². The zero-order valence-corrected chi connectivity index (χ0v) is 24.7. The summed E-state index contributed by atoms with van der Waals surface area (Å²) in [5.41, 5.74) is 4.45. The number of amides is 2. The SMILES string of the molecule is CNC(=O)c1ccc(-n2c(-n3cnc(C(C)C)c3)nc3c(c2=O)CC(C)N(C(=O)c2ccc(Br)c(C)c2)C3)cc1. The Morgan fingerprint density at radius 2 is 1.80 bits per heavy atom. The summed E-state index contributed by atoms with van der Waals surface area (Å²) in [6, 6.07) is 12.2. The molecule has 1 aliphatic heterocycles. The lowest BCUT2D eigenvalue weighted by Crippen LogP contribution is -2.46. The van der Waals surface area contributed by atoms with Crippen molar-refractivity contribution in [2.24, 2.45) is 0 Å². The molecule has 0 saturated heterocycles. The average Bonchev–Trinajstić information content (AvgIpc) is 3.45. The van der Waals surface area contributed by atoms with Crippen molar-refractivity contribution < 1.29 is 9.59 Å². The third-order valence-corrected chi connectivity index (χ3v) is 8.19. The van der Waals surface area contributed by atoms with Crippen LogP contribution in [0, 0.1) is 6.92 Å². The first kappa shape index (κ1) is 27.5. The monoisotopic (exact) mass is 602 g/mol. The van der Waals surface area contributed by atoms with E-state index in [0.717, 1.165) is 15.7 Å². The van der Waals surface area contributed by atoms with E-state index in [0.29, 0.717) is 40.4 Å². The minimum Gasteiger partial charge on any atom is -0.355 e.